The van der Waals surface area contributed by atoms with Crippen molar-refractivity contribution in [1.29, 1.82) is 5.26 Å². The van der Waals surface area contributed by atoms with Crippen molar-refractivity contribution in [2.75, 3.05) is 30.4 Å². The van der Waals surface area contributed by atoms with E-state index in [4.69, 9.17) is 25.8 Å². The van der Waals surface area contributed by atoms with Gasteiger partial charge in [0.15, 0.2) is 0 Å². The lowest BCUT2D eigenvalue weighted by Gasteiger charge is -2.19. The molecule has 1 amide bonds. The minimum Gasteiger partial charge on any atom is -0.486 e. The molecule has 45 heavy (non-hydrogen) atoms. The molecule has 5 rings (SSSR count). The molecule has 0 bridgehead atoms. The molecule has 3 heterocycles. The van der Waals surface area contributed by atoms with Crippen molar-refractivity contribution >= 4 is 45.5 Å². The van der Waals surface area contributed by atoms with Crippen LogP contribution in [0.2, 0.25) is 5.02 Å². The molecule has 4 aromatic rings. The Hall–Kier alpha value is -4.69. The highest BCUT2D eigenvalue weighted by Gasteiger charge is 2.22. The Morgan fingerprint density at radius 3 is 2.71 bits per heavy atom. The molecule has 2 aromatic heterocycles. The van der Waals surface area contributed by atoms with E-state index in [2.05, 4.69) is 52.8 Å². The minimum atomic E-state index is -0.334. The number of carbonyl (C=O) groups excluding carboxylic acids is 1. The highest BCUT2D eigenvalue weighted by atomic mass is 35.5. The molecule has 10 nitrogen and oxygen atoms in total. The predicted octanol–water partition coefficient (Wildman–Crippen LogP) is 6.53. The predicted molar refractivity (Wildman–Crippen MR) is 175 cm³/mol. The number of benzene rings is 2. The Bertz CT molecular complexity index is 1730. The number of amides is 1. The maximum absolute atomic E-state index is 13.1. The van der Waals surface area contributed by atoms with Crippen LogP contribution in [0.25, 0.3) is 10.9 Å². The van der Waals surface area contributed by atoms with E-state index in [0.717, 1.165) is 12.1 Å². The molecule has 11 heteroatoms. The number of carbonyl (C=O) groups is 1. The van der Waals surface area contributed by atoms with Crippen LogP contribution in [-0.4, -0.2) is 47.3 Å². The summed E-state index contributed by atoms with van der Waals surface area (Å²) in [6.45, 7) is 8.04. The molecular weight excluding hydrogens is 592 g/mol. The number of anilines is 3. The molecule has 1 atom stereocenters. The Balaban J connectivity index is 1.44. The average Bonchev–Trinajstić information content (AvgIpc) is 3.53. The van der Waals surface area contributed by atoms with Crippen molar-refractivity contribution in [2.24, 2.45) is 0 Å². The van der Waals surface area contributed by atoms with Gasteiger partial charge in [-0.1, -0.05) is 23.7 Å². The van der Waals surface area contributed by atoms with Crippen LogP contribution in [0.1, 0.15) is 38.4 Å². The van der Waals surface area contributed by atoms with Crippen molar-refractivity contribution in [2.45, 2.75) is 45.4 Å². The number of halogens is 1. The van der Waals surface area contributed by atoms with Gasteiger partial charge in [-0.2, -0.15) is 5.26 Å². The molecule has 0 spiro atoms. The van der Waals surface area contributed by atoms with Crippen LogP contribution in [0.4, 0.5) is 17.1 Å². The van der Waals surface area contributed by atoms with Crippen LogP contribution in [0, 0.1) is 11.3 Å². The number of nitrogens with zero attached hydrogens (tertiary/aromatic N) is 3. The molecule has 3 N–H and O–H groups in total. The number of ether oxygens (including phenoxy) is 3. The number of rotatable bonds is 11. The molecule has 1 aliphatic heterocycles. The molecule has 1 saturated heterocycles. The van der Waals surface area contributed by atoms with Crippen molar-refractivity contribution < 1.29 is 19.0 Å². The van der Waals surface area contributed by atoms with Crippen LogP contribution in [0.3, 0.4) is 0 Å². The number of pyridine rings is 2. The van der Waals surface area contributed by atoms with Gasteiger partial charge in [0.25, 0.3) is 0 Å². The highest BCUT2D eigenvalue weighted by molar-refractivity contribution is 6.32. The summed E-state index contributed by atoms with van der Waals surface area (Å²) in [6, 6.07) is 16.7. The summed E-state index contributed by atoms with van der Waals surface area (Å²) in [7, 11) is 0. The Morgan fingerprint density at radius 1 is 1.16 bits per heavy atom. The third kappa shape index (κ3) is 8.48. The summed E-state index contributed by atoms with van der Waals surface area (Å²) >= 11 is 6.57. The van der Waals surface area contributed by atoms with E-state index >= 15 is 0 Å². The van der Waals surface area contributed by atoms with E-state index in [1.807, 2.05) is 30.3 Å². The van der Waals surface area contributed by atoms with Crippen LogP contribution in [-0.2, 0) is 16.1 Å². The second-order valence-electron chi connectivity index (χ2n) is 11.5. The van der Waals surface area contributed by atoms with E-state index in [0.29, 0.717) is 69.8 Å². The monoisotopic (exact) mass is 626 g/mol. The minimum absolute atomic E-state index is 0.0796. The zero-order valence-corrected chi connectivity index (χ0v) is 26.1. The van der Waals surface area contributed by atoms with Crippen molar-refractivity contribution in [3.63, 3.8) is 0 Å². The molecule has 2 aromatic carbocycles. The smallest absolute Gasteiger partial charge is 0.248 e. The lowest BCUT2D eigenvalue weighted by molar-refractivity contribution is -0.111. The zero-order chi connectivity index (χ0) is 31.8. The van der Waals surface area contributed by atoms with Gasteiger partial charge in [0.2, 0.25) is 5.91 Å². The average molecular weight is 627 g/mol. The van der Waals surface area contributed by atoms with E-state index < -0.39 is 0 Å². The van der Waals surface area contributed by atoms with E-state index in [9.17, 15) is 10.1 Å². The molecule has 1 aliphatic rings. The van der Waals surface area contributed by atoms with E-state index in [-0.39, 0.29) is 24.2 Å². The van der Waals surface area contributed by atoms with Gasteiger partial charge in [-0.05, 0) is 63.2 Å². The standard InChI is InChI=1S/C34H35ClN6O4/c1-34(2,3)39-15-6-8-30(42)41-33-29(45-25-13-16-43-21-25)12-10-26-31(22(18-36)19-38-32(26)33)40-23-9-11-28(27(35)17-23)44-20-24-7-4-5-14-37-24/h4-12,14,17,19,25,39H,13,15-16,20-21H2,1-3H3,(H,38,40)(H,41,42)/b8-6+/t25-/m0/s1. The number of nitrogens with one attached hydrogen (secondary N) is 3. The first kappa shape index (κ1) is 31.7. The Morgan fingerprint density at radius 2 is 2.00 bits per heavy atom. The molecule has 0 aliphatic carbocycles. The van der Waals surface area contributed by atoms with Gasteiger partial charge in [0.1, 0.15) is 36.0 Å². The van der Waals surface area contributed by atoms with Crippen molar-refractivity contribution in [1.82, 2.24) is 15.3 Å². The SMILES string of the molecule is CC(C)(C)NC/C=C/C(=O)Nc1c(O[C@H]2CCOC2)ccc2c(Nc3ccc(OCc4ccccn4)c(Cl)c3)c(C#N)cnc12. The van der Waals surface area contributed by atoms with E-state index in [1.54, 1.807) is 30.5 Å². The third-order valence-electron chi connectivity index (χ3n) is 6.87. The summed E-state index contributed by atoms with van der Waals surface area (Å²) < 4.78 is 17.6. The summed E-state index contributed by atoms with van der Waals surface area (Å²) in [5.74, 6) is 0.633. The normalized spacial score (nSPS) is 14.8. The van der Waals surface area contributed by atoms with Crippen molar-refractivity contribution in [3.8, 4) is 17.6 Å². The molecule has 0 radical (unpaired) electrons. The van der Waals surface area contributed by atoms with E-state index in [1.165, 1.54) is 12.3 Å². The number of fused-ring (bicyclic) bond motifs is 1. The van der Waals surface area contributed by atoms with Gasteiger partial charge in [-0.25, -0.2) is 0 Å². The molecule has 0 saturated carbocycles. The highest BCUT2D eigenvalue weighted by Crippen LogP contribution is 2.39. The van der Waals surface area contributed by atoms with Gasteiger partial charge in [-0.3, -0.25) is 14.8 Å². The van der Waals surface area contributed by atoms with Gasteiger partial charge < -0.3 is 30.2 Å². The van der Waals surface area contributed by atoms with Gasteiger partial charge in [0, 0.05) is 48.0 Å². The second kappa shape index (κ2) is 14.4. The summed E-state index contributed by atoms with van der Waals surface area (Å²) in [5.41, 5.74) is 3.03. The first-order valence-electron chi connectivity index (χ1n) is 14.6. The molecule has 0 unspecified atom stereocenters. The number of nitriles is 1. The first-order valence-corrected chi connectivity index (χ1v) is 15.0. The van der Waals surface area contributed by atoms with Crippen LogP contribution >= 0.6 is 11.6 Å². The topological polar surface area (TPSA) is 130 Å². The summed E-state index contributed by atoms with van der Waals surface area (Å²) in [4.78, 5) is 21.9. The fourth-order valence-corrected chi connectivity index (χ4v) is 4.88. The number of aromatic nitrogens is 2. The van der Waals surface area contributed by atoms with Crippen LogP contribution in [0.15, 0.2) is 73.1 Å². The lowest BCUT2D eigenvalue weighted by Crippen LogP contribution is -2.35. The van der Waals surface area contributed by atoms with Crippen LogP contribution < -0.4 is 25.4 Å². The Labute approximate surface area is 267 Å². The van der Waals surface area contributed by atoms with Crippen molar-refractivity contribution in [3.05, 3.63) is 89.4 Å². The Kier molecular flexibility index (Phi) is 10.1. The first-order chi connectivity index (χ1) is 21.7. The largest absolute Gasteiger partial charge is 0.486 e. The quantitative estimate of drug-likeness (QED) is 0.159. The lowest BCUT2D eigenvalue weighted by atomic mass is 10.1. The van der Waals surface area contributed by atoms with Gasteiger partial charge >= 0.3 is 0 Å². The number of hydrogen-bond donors (Lipinski definition) is 3. The third-order valence-corrected chi connectivity index (χ3v) is 7.17. The summed E-state index contributed by atoms with van der Waals surface area (Å²) in [5, 5.41) is 20.6. The maximum atomic E-state index is 13.1. The van der Waals surface area contributed by atoms with Gasteiger partial charge in [-0.15, -0.1) is 0 Å². The second-order valence-corrected chi connectivity index (χ2v) is 11.9. The molecule has 1 fully saturated rings. The summed E-state index contributed by atoms with van der Waals surface area (Å²) in [6.07, 6.45) is 7.00. The molecule has 232 valence electrons. The maximum Gasteiger partial charge on any atom is 0.248 e. The molecular formula is C34H35ClN6O4. The van der Waals surface area contributed by atoms with Crippen LogP contribution in [0.5, 0.6) is 11.5 Å². The number of hydrogen-bond acceptors (Lipinski definition) is 9. The zero-order valence-electron chi connectivity index (χ0n) is 25.4. The van der Waals surface area contributed by atoms with Gasteiger partial charge in [0.05, 0.1) is 40.7 Å². The fourth-order valence-electron chi connectivity index (χ4n) is 4.64. The fraction of sp³-hybridized carbons (Fsp3) is 0.294.